The van der Waals surface area contributed by atoms with Gasteiger partial charge in [-0.05, 0) is 32.1 Å². The topological polar surface area (TPSA) is 52.6 Å². The van der Waals surface area contributed by atoms with Crippen molar-refractivity contribution in [3.63, 3.8) is 0 Å². The zero-order chi connectivity index (χ0) is 14.8. The Labute approximate surface area is 118 Å². The molecule has 116 valence electrons. The maximum Gasteiger partial charge on any atom is 0.251 e. The molecule has 1 aliphatic rings. The maximum absolute atomic E-state index is 12.3. The van der Waals surface area contributed by atoms with Crippen LogP contribution in [-0.4, -0.2) is 55.1 Å². The van der Waals surface area contributed by atoms with Crippen LogP contribution in [0.2, 0.25) is 0 Å². The first-order chi connectivity index (χ1) is 9.61. The van der Waals surface area contributed by atoms with Crippen LogP contribution in [0.4, 0.5) is 8.78 Å². The predicted octanol–water partition coefficient (Wildman–Crippen LogP) is 1.55. The Kier molecular flexibility index (Phi) is 8.37. The fraction of sp³-hybridized carbons (Fsp3) is 0.786. The Hall–Kier alpha value is -1.01. The van der Waals surface area contributed by atoms with Crippen molar-refractivity contribution >= 4 is 5.91 Å². The van der Waals surface area contributed by atoms with Crippen molar-refractivity contribution in [3.05, 3.63) is 11.6 Å². The fourth-order valence-electron chi connectivity index (χ4n) is 2.32. The van der Waals surface area contributed by atoms with Gasteiger partial charge in [0.2, 0.25) is 5.91 Å². The van der Waals surface area contributed by atoms with Gasteiger partial charge in [0.1, 0.15) is 0 Å². The lowest BCUT2D eigenvalue weighted by molar-refractivity contribution is -0.122. The molecule has 1 aliphatic carbocycles. The Bertz CT molecular complexity index is 322. The molecular weight excluding hydrogens is 266 g/mol. The number of alkyl halides is 2. The third-order valence-corrected chi connectivity index (χ3v) is 3.33. The summed E-state index contributed by atoms with van der Waals surface area (Å²) < 4.78 is 24.6. The van der Waals surface area contributed by atoms with E-state index in [1.807, 2.05) is 0 Å². The molecule has 0 unspecified atom stereocenters. The van der Waals surface area contributed by atoms with Crippen molar-refractivity contribution in [1.29, 1.82) is 0 Å². The lowest BCUT2D eigenvalue weighted by Gasteiger charge is -2.20. The van der Waals surface area contributed by atoms with E-state index in [0.29, 0.717) is 6.54 Å². The van der Waals surface area contributed by atoms with Crippen LogP contribution >= 0.6 is 0 Å². The van der Waals surface area contributed by atoms with E-state index in [0.717, 1.165) is 19.3 Å². The Morgan fingerprint density at radius 2 is 2.25 bits per heavy atom. The summed E-state index contributed by atoms with van der Waals surface area (Å²) in [5.74, 6) is -0.268. The number of carbonyl (C=O) groups is 1. The quantitative estimate of drug-likeness (QED) is 0.634. The lowest BCUT2D eigenvalue weighted by Crippen LogP contribution is -2.41. The lowest BCUT2D eigenvalue weighted by atomic mass is 9.97. The van der Waals surface area contributed by atoms with Gasteiger partial charge in [0.15, 0.2) is 0 Å². The molecule has 4 nitrogen and oxygen atoms in total. The molecule has 6 heteroatoms. The average molecular weight is 290 g/mol. The van der Waals surface area contributed by atoms with Gasteiger partial charge < -0.3 is 10.4 Å². The molecule has 0 bridgehead atoms. The molecule has 20 heavy (non-hydrogen) atoms. The molecule has 1 amide bonds. The molecule has 1 rings (SSSR count). The first-order valence-corrected chi connectivity index (χ1v) is 7.17. The summed E-state index contributed by atoms with van der Waals surface area (Å²) in [7, 11) is 0. The molecule has 0 aliphatic heterocycles. The third kappa shape index (κ3) is 7.55. The molecule has 0 radical (unpaired) electrons. The molecule has 0 spiro atoms. The monoisotopic (exact) mass is 290 g/mol. The molecule has 0 saturated carbocycles. The van der Waals surface area contributed by atoms with Crippen LogP contribution in [0.25, 0.3) is 0 Å². The maximum atomic E-state index is 12.3. The van der Waals surface area contributed by atoms with Gasteiger partial charge in [-0.1, -0.05) is 11.6 Å². The van der Waals surface area contributed by atoms with Gasteiger partial charge in [0.05, 0.1) is 19.7 Å². The van der Waals surface area contributed by atoms with Crippen LogP contribution in [0.5, 0.6) is 0 Å². The molecular formula is C14H24F2N2O2. The highest BCUT2D eigenvalue weighted by Crippen LogP contribution is 2.19. The van der Waals surface area contributed by atoms with E-state index in [2.05, 4.69) is 11.4 Å². The van der Waals surface area contributed by atoms with E-state index in [9.17, 15) is 13.6 Å². The molecule has 0 fully saturated rings. The number of hydrogen-bond acceptors (Lipinski definition) is 3. The molecule has 2 N–H and O–H groups in total. The van der Waals surface area contributed by atoms with Gasteiger partial charge in [-0.15, -0.1) is 0 Å². The number of amides is 1. The summed E-state index contributed by atoms with van der Waals surface area (Å²) in [5.41, 5.74) is 1.37. The predicted molar refractivity (Wildman–Crippen MR) is 73.7 cm³/mol. The van der Waals surface area contributed by atoms with Gasteiger partial charge >= 0.3 is 0 Å². The SMILES string of the molecule is O=C(CN(CCO)CC(F)F)NCCC1=CCCCC1. The third-order valence-electron chi connectivity index (χ3n) is 3.33. The van der Waals surface area contributed by atoms with Crippen molar-refractivity contribution in [2.45, 2.75) is 38.5 Å². The minimum atomic E-state index is -2.50. The highest BCUT2D eigenvalue weighted by atomic mass is 19.3. The number of carbonyl (C=O) groups excluding carboxylic acids is 1. The van der Waals surface area contributed by atoms with Crippen molar-refractivity contribution in [3.8, 4) is 0 Å². The second-order valence-electron chi connectivity index (χ2n) is 5.06. The fourth-order valence-corrected chi connectivity index (χ4v) is 2.32. The van der Waals surface area contributed by atoms with Gasteiger partial charge in [0.25, 0.3) is 6.43 Å². The van der Waals surface area contributed by atoms with E-state index in [1.54, 1.807) is 0 Å². The summed E-state index contributed by atoms with van der Waals surface area (Å²) in [6.07, 6.45) is 5.21. The summed E-state index contributed by atoms with van der Waals surface area (Å²) in [6.45, 7) is -0.175. The van der Waals surface area contributed by atoms with Crippen LogP contribution in [0, 0.1) is 0 Å². The number of aliphatic hydroxyl groups excluding tert-OH is 1. The van der Waals surface area contributed by atoms with Crippen molar-refractivity contribution in [2.75, 3.05) is 32.8 Å². The molecule has 0 saturated heterocycles. The molecule has 0 atom stereocenters. The van der Waals surface area contributed by atoms with Crippen LogP contribution < -0.4 is 5.32 Å². The minimum absolute atomic E-state index is 0.0862. The summed E-state index contributed by atoms with van der Waals surface area (Å²) in [6, 6.07) is 0. The number of nitrogens with zero attached hydrogens (tertiary/aromatic N) is 1. The summed E-state index contributed by atoms with van der Waals surface area (Å²) in [4.78, 5) is 12.9. The Balaban J connectivity index is 2.21. The van der Waals surface area contributed by atoms with E-state index in [4.69, 9.17) is 5.11 Å². The van der Waals surface area contributed by atoms with Gasteiger partial charge in [-0.25, -0.2) is 8.78 Å². The molecule has 0 aromatic carbocycles. The van der Waals surface area contributed by atoms with Crippen LogP contribution in [0.15, 0.2) is 11.6 Å². The summed E-state index contributed by atoms with van der Waals surface area (Å²) in [5, 5.41) is 11.5. The first-order valence-electron chi connectivity index (χ1n) is 7.17. The van der Waals surface area contributed by atoms with E-state index < -0.39 is 13.0 Å². The van der Waals surface area contributed by atoms with Crippen LogP contribution in [-0.2, 0) is 4.79 Å². The molecule has 0 aromatic heterocycles. The van der Waals surface area contributed by atoms with E-state index >= 15 is 0 Å². The molecule has 0 aromatic rings. The van der Waals surface area contributed by atoms with Gasteiger partial charge in [-0.3, -0.25) is 9.69 Å². The zero-order valence-electron chi connectivity index (χ0n) is 11.8. The summed E-state index contributed by atoms with van der Waals surface area (Å²) >= 11 is 0. The van der Waals surface area contributed by atoms with Gasteiger partial charge in [-0.2, -0.15) is 0 Å². The van der Waals surface area contributed by atoms with Crippen LogP contribution in [0.3, 0.4) is 0 Å². The molecule has 0 heterocycles. The second-order valence-corrected chi connectivity index (χ2v) is 5.06. The van der Waals surface area contributed by atoms with Gasteiger partial charge in [0, 0.05) is 13.1 Å². The Morgan fingerprint density at radius 1 is 1.45 bits per heavy atom. The number of aliphatic hydroxyl groups is 1. The first kappa shape index (κ1) is 17.0. The smallest absolute Gasteiger partial charge is 0.251 e. The Morgan fingerprint density at radius 3 is 2.85 bits per heavy atom. The normalized spacial score (nSPS) is 15.6. The van der Waals surface area contributed by atoms with Crippen molar-refractivity contribution in [1.82, 2.24) is 10.2 Å². The van der Waals surface area contributed by atoms with Crippen molar-refractivity contribution in [2.24, 2.45) is 0 Å². The highest BCUT2D eigenvalue weighted by Gasteiger charge is 2.15. The highest BCUT2D eigenvalue weighted by molar-refractivity contribution is 5.78. The largest absolute Gasteiger partial charge is 0.395 e. The van der Waals surface area contributed by atoms with Crippen molar-refractivity contribution < 1.29 is 18.7 Å². The second kappa shape index (κ2) is 9.83. The number of halogens is 2. The zero-order valence-corrected chi connectivity index (χ0v) is 11.8. The number of allylic oxidation sites excluding steroid dienone is 1. The number of rotatable bonds is 9. The van der Waals surface area contributed by atoms with E-state index in [1.165, 1.54) is 23.3 Å². The van der Waals surface area contributed by atoms with Crippen LogP contribution in [0.1, 0.15) is 32.1 Å². The average Bonchev–Trinajstić information content (AvgIpc) is 2.39. The van der Waals surface area contributed by atoms with E-state index in [-0.39, 0.29) is 25.6 Å². The number of hydrogen-bond donors (Lipinski definition) is 2. The minimum Gasteiger partial charge on any atom is -0.395 e. The standard InChI is InChI=1S/C14H24F2N2O2/c15-13(16)10-18(8-9-19)11-14(20)17-7-6-12-4-2-1-3-5-12/h4,13,19H,1-3,5-11H2,(H,17,20). The number of nitrogens with one attached hydrogen (secondary N) is 1.